The van der Waals surface area contributed by atoms with Crippen molar-refractivity contribution in [3.8, 4) is 11.4 Å². The third kappa shape index (κ3) is 4.43. The Labute approximate surface area is 163 Å². The van der Waals surface area contributed by atoms with Crippen LogP contribution in [-0.2, 0) is 4.79 Å². The molecule has 144 valence electrons. The third-order valence-corrected chi connectivity index (χ3v) is 4.99. The van der Waals surface area contributed by atoms with E-state index < -0.39 is 0 Å². The molecular formula is C21H23N5O2. The van der Waals surface area contributed by atoms with Crippen molar-refractivity contribution in [2.75, 3.05) is 25.0 Å². The van der Waals surface area contributed by atoms with Gasteiger partial charge in [-0.2, -0.15) is 4.98 Å². The third-order valence-electron chi connectivity index (χ3n) is 4.99. The van der Waals surface area contributed by atoms with Gasteiger partial charge in [-0.3, -0.25) is 14.7 Å². The van der Waals surface area contributed by atoms with Gasteiger partial charge in [-0.25, -0.2) is 0 Å². The fourth-order valence-corrected chi connectivity index (χ4v) is 3.48. The summed E-state index contributed by atoms with van der Waals surface area (Å²) >= 11 is 0. The van der Waals surface area contributed by atoms with Crippen molar-refractivity contribution in [2.45, 2.75) is 25.7 Å². The highest BCUT2D eigenvalue weighted by Crippen LogP contribution is 2.28. The second-order valence-electron chi connectivity index (χ2n) is 7.16. The van der Waals surface area contributed by atoms with Gasteiger partial charge in [-0.05, 0) is 62.7 Å². The van der Waals surface area contributed by atoms with E-state index >= 15 is 0 Å². The SMILES string of the molecule is Cc1cccc(NC(=O)CN2CCC(c3nc(-c4ccncc4)no3)CC2)c1. The zero-order chi connectivity index (χ0) is 19.3. The fourth-order valence-electron chi connectivity index (χ4n) is 3.48. The molecule has 1 saturated heterocycles. The Bertz CT molecular complexity index is 933. The van der Waals surface area contributed by atoms with Gasteiger partial charge in [0.15, 0.2) is 0 Å². The molecule has 28 heavy (non-hydrogen) atoms. The van der Waals surface area contributed by atoms with E-state index in [2.05, 4.69) is 25.3 Å². The van der Waals surface area contributed by atoms with E-state index in [0.717, 1.165) is 42.7 Å². The van der Waals surface area contributed by atoms with Crippen LogP contribution in [0.1, 0.15) is 30.2 Å². The number of carbonyl (C=O) groups excluding carboxylic acids is 1. The van der Waals surface area contributed by atoms with Crippen LogP contribution in [0.15, 0.2) is 53.3 Å². The summed E-state index contributed by atoms with van der Waals surface area (Å²) in [7, 11) is 0. The summed E-state index contributed by atoms with van der Waals surface area (Å²) in [5.41, 5.74) is 2.87. The maximum absolute atomic E-state index is 12.3. The molecule has 0 bridgehead atoms. The van der Waals surface area contributed by atoms with E-state index in [9.17, 15) is 4.79 Å². The summed E-state index contributed by atoms with van der Waals surface area (Å²) in [5.74, 6) is 1.52. The van der Waals surface area contributed by atoms with Crippen LogP contribution in [-0.4, -0.2) is 45.6 Å². The molecule has 1 fully saturated rings. The summed E-state index contributed by atoms with van der Waals surface area (Å²) in [6, 6.07) is 11.6. The predicted octanol–water partition coefficient (Wildman–Crippen LogP) is 3.26. The molecule has 0 saturated carbocycles. The van der Waals surface area contributed by atoms with E-state index in [1.54, 1.807) is 12.4 Å². The summed E-state index contributed by atoms with van der Waals surface area (Å²) in [4.78, 5) is 23.0. The van der Waals surface area contributed by atoms with Crippen molar-refractivity contribution in [3.05, 3.63) is 60.2 Å². The quantitative estimate of drug-likeness (QED) is 0.735. The highest BCUT2D eigenvalue weighted by atomic mass is 16.5. The lowest BCUT2D eigenvalue weighted by atomic mass is 9.97. The number of likely N-dealkylation sites (tertiary alicyclic amines) is 1. The number of aryl methyl sites for hydroxylation is 1. The number of nitrogens with one attached hydrogen (secondary N) is 1. The Morgan fingerprint density at radius 2 is 2.00 bits per heavy atom. The zero-order valence-corrected chi connectivity index (χ0v) is 15.8. The molecule has 0 radical (unpaired) electrons. The zero-order valence-electron chi connectivity index (χ0n) is 15.8. The lowest BCUT2D eigenvalue weighted by molar-refractivity contribution is -0.117. The number of amides is 1. The number of pyridine rings is 1. The van der Waals surface area contributed by atoms with Gasteiger partial charge >= 0.3 is 0 Å². The number of anilines is 1. The van der Waals surface area contributed by atoms with E-state index in [4.69, 9.17) is 4.52 Å². The van der Waals surface area contributed by atoms with Gasteiger partial charge < -0.3 is 9.84 Å². The molecule has 7 heteroatoms. The van der Waals surface area contributed by atoms with Crippen molar-refractivity contribution in [1.82, 2.24) is 20.0 Å². The van der Waals surface area contributed by atoms with Crippen LogP contribution in [0, 0.1) is 6.92 Å². The fraction of sp³-hybridized carbons (Fsp3) is 0.333. The van der Waals surface area contributed by atoms with Crippen LogP contribution in [0.4, 0.5) is 5.69 Å². The topological polar surface area (TPSA) is 84.2 Å². The van der Waals surface area contributed by atoms with Gasteiger partial charge in [0.25, 0.3) is 0 Å². The summed E-state index contributed by atoms with van der Waals surface area (Å²) in [6.07, 6.45) is 5.22. The van der Waals surface area contributed by atoms with E-state index in [1.165, 1.54) is 0 Å². The Kier molecular flexibility index (Phi) is 5.43. The summed E-state index contributed by atoms with van der Waals surface area (Å²) in [6.45, 7) is 4.07. The van der Waals surface area contributed by atoms with Crippen molar-refractivity contribution < 1.29 is 9.32 Å². The first-order chi connectivity index (χ1) is 13.7. The molecule has 0 spiro atoms. The molecule has 4 rings (SSSR count). The summed E-state index contributed by atoms with van der Waals surface area (Å²) in [5, 5.41) is 7.06. The molecular weight excluding hydrogens is 354 g/mol. The molecule has 1 aliphatic rings. The minimum atomic E-state index is 0.0156. The van der Waals surface area contributed by atoms with Crippen molar-refractivity contribution in [2.24, 2.45) is 0 Å². The van der Waals surface area contributed by atoms with Crippen LogP contribution in [0.3, 0.4) is 0 Å². The molecule has 0 aliphatic carbocycles. The first-order valence-corrected chi connectivity index (χ1v) is 9.50. The lowest BCUT2D eigenvalue weighted by Crippen LogP contribution is -2.38. The Morgan fingerprint density at radius 3 is 2.75 bits per heavy atom. The smallest absolute Gasteiger partial charge is 0.238 e. The van der Waals surface area contributed by atoms with Crippen LogP contribution in [0.5, 0.6) is 0 Å². The molecule has 3 aromatic rings. The van der Waals surface area contributed by atoms with Gasteiger partial charge in [-0.15, -0.1) is 0 Å². The highest BCUT2D eigenvalue weighted by molar-refractivity contribution is 5.92. The first kappa shape index (κ1) is 18.3. The number of nitrogens with zero attached hydrogens (tertiary/aromatic N) is 4. The van der Waals surface area contributed by atoms with Gasteiger partial charge in [0.05, 0.1) is 6.54 Å². The number of hydrogen-bond acceptors (Lipinski definition) is 6. The average molecular weight is 377 g/mol. The Balaban J connectivity index is 1.29. The molecule has 1 amide bonds. The average Bonchev–Trinajstić information content (AvgIpc) is 3.19. The minimum absolute atomic E-state index is 0.0156. The van der Waals surface area contributed by atoms with E-state index in [1.807, 2.05) is 43.3 Å². The largest absolute Gasteiger partial charge is 0.339 e. The van der Waals surface area contributed by atoms with Crippen LogP contribution < -0.4 is 5.32 Å². The Morgan fingerprint density at radius 1 is 1.21 bits per heavy atom. The highest BCUT2D eigenvalue weighted by Gasteiger charge is 2.26. The minimum Gasteiger partial charge on any atom is -0.339 e. The van der Waals surface area contributed by atoms with Crippen LogP contribution in [0.2, 0.25) is 0 Å². The van der Waals surface area contributed by atoms with Gasteiger partial charge in [0.2, 0.25) is 17.6 Å². The standard InChI is InChI=1S/C21H23N5O2/c1-15-3-2-4-18(13-15)23-19(27)14-26-11-7-17(8-12-26)21-24-20(25-28-21)16-5-9-22-10-6-16/h2-6,9-10,13,17H,7-8,11-12,14H2,1H3,(H,23,27). The number of carbonyl (C=O) groups is 1. The summed E-state index contributed by atoms with van der Waals surface area (Å²) < 4.78 is 5.49. The maximum Gasteiger partial charge on any atom is 0.238 e. The predicted molar refractivity (Wildman–Crippen MR) is 106 cm³/mol. The second-order valence-corrected chi connectivity index (χ2v) is 7.16. The second kappa shape index (κ2) is 8.31. The molecule has 1 aromatic carbocycles. The molecule has 1 N–H and O–H groups in total. The first-order valence-electron chi connectivity index (χ1n) is 9.50. The van der Waals surface area contributed by atoms with Crippen molar-refractivity contribution in [1.29, 1.82) is 0 Å². The Hall–Kier alpha value is -3.06. The van der Waals surface area contributed by atoms with Crippen LogP contribution >= 0.6 is 0 Å². The van der Waals surface area contributed by atoms with E-state index in [-0.39, 0.29) is 11.8 Å². The number of aromatic nitrogens is 3. The normalized spacial score (nSPS) is 15.5. The van der Waals surface area contributed by atoms with Gasteiger partial charge in [0.1, 0.15) is 0 Å². The monoisotopic (exact) mass is 377 g/mol. The molecule has 0 unspecified atom stereocenters. The molecule has 7 nitrogen and oxygen atoms in total. The van der Waals surface area contributed by atoms with Gasteiger partial charge in [0, 0.05) is 29.6 Å². The molecule has 2 aromatic heterocycles. The van der Waals surface area contributed by atoms with E-state index in [0.29, 0.717) is 18.3 Å². The number of rotatable bonds is 5. The lowest BCUT2D eigenvalue weighted by Gasteiger charge is -2.29. The molecule has 1 aliphatic heterocycles. The number of hydrogen-bond donors (Lipinski definition) is 1. The van der Waals surface area contributed by atoms with Crippen molar-refractivity contribution >= 4 is 11.6 Å². The van der Waals surface area contributed by atoms with Crippen molar-refractivity contribution in [3.63, 3.8) is 0 Å². The number of benzene rings is 1. The molecule has 0 atom stereocenters. The number of piperidine rings is 1. The molecule has 3 heterocycles. The van der Waals surface area contributed by atoms with Crippen LogP contribution in [0.25, 0.3) is 11.4 Å². The maximum atomic E-state index is 12.3. The van der Waals surface area contributed by atoms with Gasteiger partial charge in [-0.1, -0.05) is 17.3 Å².